The van der Waals surface area contributed by atoms with E-state index in [0.29, 0.717) is 16.9 Å². The van der Waals surface area contributed by atoms with Gasteiger partial charge in [0.25, 0.3) is 0 Å². The van der Waals surface area contributed by atoms with Gasteiger partial charge < -0.3 is 4.74 Å². The molecular formula is C19H17F3O2. The predicted octanol–water partition coefficient (Wildman–Crippen LogP) is 5.23. The van der Waals surface area contributed by atoms with Gasteiger partial charge in [-0.05, 0) is 60.9 Å². The van der Waals surface area contributed by atoms with Crippen LogP contribution >= 0.6 is 0 Å². The molecule has 0 N–H and O–H groups in total. The van der Waals surface area contributed by atoms with Crippen LogP contribution in [0, 0.1) is 13.8 Å². The topological polar surface area (TPSA) is 26.3 Å². The highest BCUT2D eigenvalue weighted by Gasteiger charge is 2.30. The van der Waals surface area contributed by atoms with Crippen molar-refractivity contribution in [1.29, 1.82) is 0 Å². The third-order valence-electron chi connectivity index (χ3n) is 3.77. The van der Waals surface area contributed by atoms with E-state index in [-0.39, 0.29) is 5.78 Å². The molecule has 0 aromatic heterocycles. The number of methoxy groups -OCH3 is 1. The lowest BCUT2D eigenvalue weighted by molar-refractivity contribution is -0.137. The molecule has 0 spiro atoms. The Morgan fingerprint density at radius 3 is 2.46 bits per heavy atom. The molecule has 0 bridgehead atoms. The summed E-state index contributed by atoms with van der Waals surface area (Å²) in [7, 11) is 1.52. The Morgan fingerprint density at radius 2 is 1.83 bits per heavy atom. The molecule has 0 saturated carbocycles. The maximum Gasteiger partial charge on any atom is 0.416 e. The highest BCUT2D eigenvalue weighted by atomic mass is 19.4. The van der Waals surface area contributed by atoms with E-state index in [9.17, 15) is 18.0 Å². The Labute approximate surface area is 138 Å². The average Bonchev–Trinajstić information content (AvgIpc) is 2.54. The normalized spacial score (nSPS) is 11.8. The van der Waals surface area contributed by atoms with Crippen LogP contribution in [0.4, 0.5) is 13.2 Å². The number of allylic oxidation sites excluding steroid dienone is 1. The first-order chi connectivity index (χ1) is 11.2. The molecule has 126 valence electrons. The number of hydrogen-bond donors (Lipinski definition) is 0. The molecule has 2 aromatic rings. The number of ketones is 1. The van der Waals surface area contributed by atoms with Crippen molar-refractivity contribution in [3.63, 3.8) is 0 Å². The molecule has 0 aliphatic heterocycles. The van der Waals surface area contributed by atoms with Crippen LogP contribution in [0.3, 0.4) is 0 Å². The molecule has 0 aliphatic carbocycles. The van der Waals surface area contributed by atoms with Crippen LogP contribution in [-0.2, 0) is 6.18 Å². The van der Waals surface area contributed by atoms with Gasteiger partial charge in [0.1, 0.15) is 5.75 Å². The SMILES string of the molecule is COc1cc(C(=O)/C=C/c2cccc(C(F)(F)F)c2)cc(C)c1C. The third-order valence-corrected chi connectivity index (χ3v) is 3.77. The smallest absolute Gasteiger partial charge is 0.416 e. The van der Waals surface area contributed by atoms with Gasteiger partial charge in [0.05, 0.1) is 12.7 Å². The first-order valence-corrected chi connectivity index (χ1v) is 7.27. The summed E-state index contributed by atoms with van der Waals surface area (Å²) in [6.07, 6.45) is -1.77. The molecule has 0 unspecified atom stereocenters. The number of aryl methyl sites for hydroxylation is 1. The number of rotatable bonds is 4. The summed E-state index contributed by atoms with van der Waals surface area (Å²) in [5, 5.41) is 0. The second-order valence-corrected chi connectivity index (χ2v) is 5.44. The maximum absolute atomic E-state index is 12.7. The van der Waals surface area contributed by atoms with Crippen LogP contribution in [0.15, 0.2) is 42.5 Å². The summed E-state index contributed by atoms with van der Waals surface area (Å²) >= 11 is 0. The maximum atomic E-state index is 12.7. The van der Waals surface area contributed by atoms with Crippen LogP contribution in [0.5, 0.6) is 5.75 Å². The predicted molar refractivity (Wildman–Crippen MR) is 87.3 cm³/mol. The van der Waals surface area contributed by atoms with Crippen LogP contribution < -0.4 is 4.74 Å². The van der Waals surface area contributed by atoms with Crippen LogP contribution in [0.25, 0.3) is 6.08 Å². The highest BCUT2D eigenvalue weighted by Crippen LogP contribution is 2.30. The van der Waals surface area contributed by atoms with Crippen LogP contribution in [0.2, 0.25) is 0 Å². The van der Waals surface area contributed by atoms with Gasteiger partial charge in [-0.2, -0.15) is 13.2 Å². The highest BCUT2D eigenvalue weighted by molar-refractivity contribution is 6.07. The van der Waals surface area contributed by atoms with Crippen molar-refractivity contribution in [3.8, 4) is 5.75 Å². The third kappa shape index (κ3) is 4.04. The molecule has 0 fully saturated rings. The molecule has 0 aliphatic rings. The Morgan fingerprint density at radius 1 is 1.12 bits per heavy atom. The monoisotopic (exact) mass is 334 g/mol. The number of benzene rings is 2. The Balaban J connectivity index is 2.27. The standard InChI is InChI=1S/C19H17F3O2/c1-12-9-15(11-18(24-3)13(12)2)17(23)8-7-14-5-4-6-16(10-14)19(20,21)22/h4-11H,1-3H3/b8-7+. The lowest BCUT2D eigenvalue weighted by Gasteiger charge is -2.09. The van der Waals surface area contributed by atoms with E-state index >= 15 is 0 Å². The van der Waals surface area contributed by atoms with Crippen molar-refractivity contribution in [2.24, 2.45) is 0 Å². The Hall–Kier alpha value is -2.56. The lowest BCUT2D eigenvalue weighted by atomic mass is 10.0. The second kappa shape index (κ2) is 6.91. The van der Waals surface area contributed by atoms with E-state index in [4.69, 9.17) is 4.74 Å². The molecule has 0 amide bonds. The van der Waals surface area contributed by atoms with Gasteiger partial charge in [0.15, 0.2) is 5.78 Å². The molecular weight excluding hydrogens is 317 g/mol. The Bertz CT molecular complexity index is 790. The summed E-state index contributed by atoms with van der Waals surface area (Å²) in [5.41, 5.74) is 1.85. The average molecular weight is 334 g/mol. The fourth-order valence-electron chi connectivity index (χ4n) is 2.27. The van der Waals surface area contributed by atoms with E-state index in [0.717, 1.165) is 23.3 Å². The number of carbonyl (C=O) groups excluding carboxylic acids is 1. The zero-order valence-electron chi connectivity index (χ0n) is 13.6. The lowest BCUT2D eigenvalue weighted by Crippen LogP contribution is -2.04. The molecule has 0 saturated heterocycles. The minimum absolute atomic E-state index is 0.297. The first kappa shape index (κ1) is 17.8. The molecule has 5 heteroatoms. The van der Waals surface area contributed by atoms with Crippen molar-refractivity contribution >= 4 is 11.9 Å². The number of carbonyl (C=O) groups is 1. The number of hydrogen-bond acceptors (Lipinski definition) is 2. The Kier molecular flexibility index (Phi) is 5.12. The van der Waals surface area contributed by atoms with E-state index in [1.165, 1.54) is 31.4 Å². The first-order valence-electron chi connectivity index (χ1n) is 7.27. The largest absolute Gasteiger partial charge is 0.496 e. The molecule has 0 heterocycles. The molecule has 2 rings (SSSR count). The van der Waals surface area contributed by atoms with Crippen molar-refractivity contribution in [3.05, 3.63) is 70.3 Å². The van der Waals surface area contributed by atoms with Crippen LogP contribution in [-0.4, -0.2) is 12.9 Å². The van der Waals surface area contributed by atoms with Gasteiger partial charge >= 0.3 is 6.18 Å². The fraction of sp³-hybridized carbons (Fsp3) is 0.211. The second-order valence-electron chi connectivity index (χ2n) is 5.44. The van der Waals surface area contributed by atoms with Gasteiger partial charge in [-0.15, -0.1) is 0 Å². The van der Waals surface area contributed by atoms with Gasteiger partial charge in [-0.1, -0.05) is 18.2 Å². The summed E-state index contributed by atoms with van der Waals surface area (Å²) in [6, 6.07) is 8.18. The zero-order valence-corrected chi connectivity index (χ0v) is 13.6. The van der Waals surface area contributed by atoms with Gasteiger partial charge in [0, 0.05) is 5.56 Å². The summed E-state index contributed by atoms with van der Waals surface area (Å²) in [5.74, 6) is 0.305. The van der Waals surface area contributed by atoms with Gasteiger partial charge in [-0.25, -0.2) is 0 Å². The molecule has 24 heavy (non-hydrogen) atoms. The fourth-order valence-corrected chi connectivity index (χ4v) is 2.27. The molecule has 0 atom stereocenters. The number of halogens is 3. The molecule has 0 radical (unpaired) electrons. The van der Waals surface area contributed by atoms with Crippen molar-refractivity contribution < 1.29 is 22.7 Å². The van der Waals surface area contributed by atoms with Crippen molar-refractivity contribution in [1.82, 2.24) is 0 Å². The summed E-state index contributed by atoms with van der Waals surface area (Å²) < 4.78 is 43.3. The molecule has 2 nitrogen and oxygen atoms in total. The van der Waals surface area contributed by atoms with Crippen molar-refractivity contribution in [2.45, 2.75) is 20.0 Å². The summed E-state index contributed by atoms with van der Waals surface area (Å²) in [6.45, 7) is 3.76. The minimum Gasteiger partial charge on any atom is -0.496 e. The van der Waals surface area contributed by atoms with E-state index in [1.54, 1.807) is 12.1 Å². The van der Waals surface area contributed by atoms with Gasteiger partial charge in [-0.3, -0.25) is 4.79 Å². The summed E-state index contributed by atoms with van der Waals surface area (Å²) in [4.78, 5) is 12.3. The van der Waals surface area contributed by atoms with E-state index in [2.05, 4.69) is 0 Å². The van der Waals surface area contributed by atoms with E-state index in [1.807, 2.05) is 13.8 Å². The minimum atomic E-state index is -4.41. The number of ether oxygens (including phenoxy) is 1. The van der Waals surface area contributed by atoms with Gasteiger partial charge in [0.2, 0.25) is 0 Å². The van der Waals surface area contributed by atoms with Crippen molar-refractivity contribution in [2.75, 3.05) is 7.11 Å². The quantitative estimate of drug-likeness (QED) is 0.565. The van der Waals surface area contributed by atoms with Crippen LogP contribution in [0.1, 0.15) is 32.6 Å². The number of alkyl halides is 3. The zero-order chi connectivity index (χ0) is 17.9. The van der Waals surface area contributed by atoms with E-state index < -0.39 is 11.7 Å². The molecule has 2 aromatic carbocycles.